The third-order valence-corrected chi connectivity index (χ3v) is 3.16. The summed E-state index contributed by atoms with van der Waals surface area (Å²) >= 11 is 5.99. The topological polar surface area (TPSA) is 3.24 Å². The van der Waals surface area contributed by atoms with Gasteiger partial charge in [0.25, 0.3) is 0 Å². The van der Waals surface area contributed by atoms with Gasteiger partial charge in [-0.2, -0.15) is 0 Å². The number of hydrogen-bond donors (Lipinski definition) is 0. The largest absolute Gasteiger partial charge is 0.373 e. The highest BCUT2D eigenvalue weighted by molar-refractivity contribution is 6.32. The van der Waals surface area contributed by atoms with Crippen LogP contribution in [0.1, 0.15) is 61.0 Å². The Bertz CT molecular complexity index is 389. The smallest absolute Gasteiger partial charge is 0.142 e. The Morgan fingerprint density at radius 1 is 1.05 bits per heavy atom. The minimum absolute atomic E-state index is 0.0662. The van der Waals surface area contributed by atoms with Crippen LogP contribution in [-0.2, 0) is 5.41 Å². The van der Waals surface area contributed by atoms with Gasteiger partial charge in [-0.05, 0) is 12.1 Å². The van der Waals surface area contributed by atoms with Crippen molar-refractivity contribution in [3.05, 3.63) is 28.5 Å². The van der Waals surface area contributed by atoms with Gasteiger partial charge in [-0.1, -0.05) is 67.0 Å². The third-order valence-electron chi connectivity index (χ3n) is 2.79. The maximum Gasteiger partial charge on any atom is 0.142 e. The van der Waals surface area contributed by atoms with Crippen molar-refractivity contribution >= 4 is 17.3 Å². The Balaban J connectivity index is 0. The Hall–Kier alpha value is -0.760. The minimum Gasteiger partial charge on any atom is -0.373 e. The van der Waals surface area contributed by atoms with E-state index in [1.165, 1.54) is 6.07 Å². The van der Waals surface area contributed by atoms with Gasteiger partial charge in [-0.3, -0.25) is 0 Å². The van der Waals surface area contributed by atoms with Crippen molar-refractivity contribution in [3.8, 4) is 0 Å². The third kappa shape index (κ3) is 4.66. The van der Waals surface area contributed by atoms with Crippen LogP contribution in [0.2, 0.25) is 5.02 Å². The van der Waals surface area contributed by atoms with Crippen molar-refractivity contribution in [1.82, 2.24) is 0 Å². The Kier molecular flexibility index (Phi) is 10.8. The van der Waals surface area contributed by atoms with Crippen LogP contribution in [0.3, 0.4) is 0 Å². The van der Waals surface area contributed by atoms with Gasteiger partial charge < -0.3 is 4.90 Å². The van der Waals surface area contributed by atoms with E-state index in [2.05, 4.69) is 18.7 Å². The molecular weight excluding hydrogens is 273 g/mol. The first-order valence-electron chi connectivity index (χ1n) is 7.63. The lowest BCUT2D eigenvalue weighted by atomic mass is 9.87. The fourth-order valence-corrected chi connectivity index (χ4v) is 2.68. The van der Waals surface area contributed by atoms with Gasteiger partial charge in [0.2, 0.25) is 0 Å². The summed E-state index contributed by atoms with van der Waals surface area (Å²) in [4.78, 5) is 2.11. The number of nitrogens with zero attached hydrogens (tertiary/aromatic N) is 1. The SMILES string of the molecule is CC.CC.CC.CN1CC(C)(C)c2c1ccc(F)c2Cl. The zero-order valence-corrected chi connectivity index (χ0v) is 15.3. The van der Waals surface area contributed by atoms with Gasteiger partial charge in [-0.15, -0.1) is 0 Å². The first-order valence-corrected chi connectivity index (χ1v) is 8.01. The number of benzene rings is 1. The lowest BCUT2D eigenvalue weighted by Gasteiger charge is -2.19. The molecule has 0 fully saturated rings. The molecule has 1 heterocycles. The molecule has 0 spiro atoms. The number of anilines is 1. The molecule has 1 aliphatic rings. The number of fused-ring (bicyclic) bond motifs is 1. The lowest BCUT2D eigenvalue weighted by molar-refractivity contribution is 0.555. The van der Waals surface area contributed by atoms with Crippen molar-refractivity contribution in [2.45, 2.75) is 60.8 Å². The molecule has 118 valence electrons. The summed E-state index contributed by atoms with van der Waals surface area (Å²) < 4.78 is 13.3. The summed E-state index contributed by atoms with van der Waals surface area (Å²) in [5.41, 5.74) is 1.91. The molecule has 0 amide bonds. The Morgan fingerprint density at radius 3 is 1.95 bits per heavy atom. The van der Waals surface area contributed by atoms with E-state index < -0.39 is 0 Å². The summed E-state index contributed by atoms with van der Waals surface area (Å²) in [7, 11) is 2.00. The summed E-state index contributed by atoms with van der Waals surface area (Å²) in [6.45, 7) is 17.0. The van der Waals surface area contributed by atoms with Crippen molar-refractivity contribution in [1.29, 1.82) is 0 Å². The van der Waals surface area contributed by atoms with Crippen LogP contribution in [-0.4, -0.2) is 13.6 Å². The predicted octanol–water partition coefficient (Wildman–Crippen LogP) is 6.29. The molecule has 1 aromatic rings. The van der Waals surface area contributed by atoms with Crippen LogP contribution < -0.4 is 4.90 Å². The van der Waals surface area contributed by atoms with Gasteiger partial charge in [0.05, 0.1) is 5.02 Å². The number of hydrogen-bond acceptors (Lipinski definition) is 1. The fourth-order valence-electron chi connectivity index (χ4n) is 2.26. The molecule has 20 heavy (non-hydrogen) atoms. The second-order valence-electron chi connectivity index (χ2n) is 4.50. The van der Waals surface area contributed by atoms with Crippen molar-refractivity contribution in [3.63, 3.8) is 0 Å². The molecule has 0 aromatic heterocycles. The van der Waals surface area contributed by atoms with E-state index in [4.69, 9.17) is 11.6 Å². The van der Waals surface area contributed by atoms with E-state index in [1.807, 2.05) is 48.6 Å². The monoisotopic (exact) mass is 303 g/mol. The highest BCUT2D eigenvalue weighted by Crippen LogP contribution is 2.44. The molecule has 0 atom stereocenters. The van der Waals surface area contributed by atoms with E-state index in [-0.39, 0.29) is 16.3 Å². The predicted molar refractivity (Wildman–Crippen MR) is 91.8 cm³/mol. The maximum absolute atomic E-state index is 13.3. The quantitative estimate of drug-likeness (QED) is 0.545. The zero-order chi connectivity index (χ0) is 16.5. The maximum atomic E-state index is 13.3. The minimum atomic E-state index is -0.325. The highest BCUT2D eigenvalue weighted by atomic mass is 35.5. The highest BCUT2D eigenvalue weighted by Gasteiger charge is 2.36. The number of rotatable bonds is 0. The Morgan fingerprint density at radius 2 is 1.50 bits per heavy atom. The molecule has 0 radical (unpaired) electrons. The van der Waals surface area contributed by atoms with Crippen molar-refractivity contribution < 1.29 is 4.39 Å². The van der Waals surface area contributed by atoms with Crippen LogP contribution in [0.5, 0.6) is 0 Å². The lowest BCUT2D eigenvalue weighted by Crippen LogP contribution is -2.25. The molecule has 0 N–H and O–H groups in total. The first kappa shape index (κ1) is 21.5. The molecule has 1 aliphatic heterocycles. The molecule has 0 aliphatic carbocycles. The molecule has 0 bridgehead atoms. The average Bonchev–Trinajstić information content (AvgIpc) is 2.70. The molecule has 0 unspecified atom stereocenters. The van der Waals surface area contributed by atoms with Gasteiger partial charge in [0.15, 0.2) is 0 Å². The van der Waals surface area contributed by atoms with Gasteiger partial charge in [0.1, 0.15) is 5.82 Å². The first-order chi connectivity index (χ1) is 9.43. The summed E-state index contributed by atoms with van der Waals surface area (Å²) in [6, 6.07) is 3.23. The molecule has 2 rings (SSSR count). The Labute approximate surface area is 130 Å². The average molecular weight is 304 g/mol. The van der Waals surface area contributed by atoms with Crippen LogP contribution in [0.4, 0.5) is 10.1 Å². The van der Waals surface area contributed by atoms with Crippen LogP contribution >= 0.6 is 11.6 Å². The molecule has 1 nitrogen and oxygen atoms in total. The second-order valence-corrected chi connectivity index (χ2v) is 4.87. The standard InChI is InChI=1S/C11H13ClFN.3C2H6/c1-11(2)6-14(3)8-5-4-7(13)10(12)9(8)11;3*1-2/h4-5H,6H2,1-3H3;3*1-2H3. The van der Waals surface area contributed by atoms with E-state index in [9.17, 15) is 4.39 Å². The zero-order valence-electron chi connectivity index (χ0n) is 14.6. The molecule has 0 saturated carbocycles. The fraction of sp³-hybridized carbons (Fsp3) is 0.647. The van der Waals surface area contributed by atoms with Crippen LogP contribution in [0.15, 0.2) is 12.1 Å². The van der Waals surface area contributed by atoms with Crippen LogP contribution in [0.25, 0.3) is 0 Å². The van der Waals surface area contributed by atoms with Crippen LogP contribution in [0, 0.1) is 5.82 Å². The van der Waals surface area contributed by atoms with Crippen molar-refractivity contribution in [2.24, 2.45) is 0 Å². The second kappa shape index (κ2) is 10.0. The van der Waals surface area contributed by atoms with E-state index in [1.54, 1.807) is 6.07 Å². The van der Waals surface area contributed by atoms with Gasteiger partial charge in [0, 0.05) is 30.3 Å². The number of halogens is 2. The molecule has 1 aromatic carbocycles. The number of likely N-dealkylation sites (N-methyl/N-ethyl adjacent to an activating group) is 1. The normalized spacial score (nSPS) is 13.8. The van der Waals surface area contributed by atoms with Gasteiger partial charge >= 0.3 is 0 Å². The molecule has 3 heteroatoms. The summed E-state index contributed by atoms with van der Waals surface area (Å²) in [5, 5.41) is 0.275. The van der Waals surface area contributed by atoms with Gasteiger partial charge in [-0.25, -0.2) is 4.39 Å². The summed E-state index contributed by atoms with van der Waals surface area (Å²) in [5.74, 6) is -0.325. The van der Waals surface area contributed by atoms with E-state index in [0.29, 0.717) is 0 Å². The van der Waals surface area contributed by atoms with Crippen molar-refractivity contribution in [2.75, 3.05) is 18.5 Å². The molecule has 0 saturated heterocycles. The van der Waals surface area contributed by atoms with E-state index in [0.717, 1.165) is 17.8 Å². The molecular formula is C17H31ClFN. The van der Waals surface area contributed by atoms with E-state index >= 15 is 0 Å². The summed E-state index contributed by atoms with van der Waals surface area (Å²) in [6.07, 6.45) is 0.